The minimum atomic E-state index is 0.700. The van der Waals surface area contributed by atoms with E-state index in [9.17, 15) is 0 Å². The Morgan fingerprint density at radius 1 is 1.12 bits per heavy atom. The van der Waals surface area contributed by atoms with Crippen LogP contribution in [0.2, 0.25) is 0 Å². The number of nitrogens with one attached hydrogen (secondary N) is 1. The number of hydrogen-bond donors (Lipinski definition) is 2. The van der Waals surface area contributed by atoms with Crippen molar-refractivity contribution >= 4 is 5.69 Å². The van der Waals surface area contributed by atoms with Crippen molar-refractivity contribution in [3.63, 3.8) is 0 Å². The number of benzene rings is 1. The van der Waals surface area contributed by atoms with Crippen LogP contribution in [0.5, 0.6) is 0 Å². The van der Waals surface area contributed by atoms with Crippen LogP contribution in [0.1, 0.15) is 18.4 Å². The van der Waals surface area contributed by atoms with Crippen LogP contribution in [0.4, 0.5) is 5.69 Å². The van der Waals surface area contributed by atoms with Crippen LogP contribution in [0.3, 0.4) is 0 Å². The molecule has 2 rings (SSSR count). The molecular formula is C13H21N3. The quantitative estimate of drug-likeness (QED) is 0.734. The first-order chi connectivity index (χ1) is 7.90. The van der Waals surface area contributed by atoms with Gasteiger partial charge in [0.25, 0.3) is 0 Å². The summed E-state index contributed by atoms with van der Waals surface area (Å²) in [5.41, 5.74) is 8.12. The Labute approximate surface area is 97.6 Å². The maximum atomic E-state index is 5.43. The highest BCUT2D eigenvalue weighted by atomic mass is 15.1. The first kappa shape index (κ1) is 11.4. The molecule has 1 aliphatic heterocycles. The molecule has 1 fully saturated rings. The molecule has 3 nitrogen and oxygen atoms in total. The molecule has 1 aliphatic rings. The third-order valence-corrected chi connectivity index (χ3v) is 3.06. The third-order valence-electron chi connectivity index (χ3n) is 3.06. The van der Waals surface area contributed by atoms with E-state index >= 15 is 0 Å². The zero-order valence-corrected chi connectivity index (χ0v) is 9.78. The summed E-state index contributed by atoms with van der Waals surface area (Å²) in [6.45, 7) is 4.92. The predicted octanol–water partition coefficient (Wildman–Crippen LogP) is 1.34. The van der Waals surface area contributed by atoms with Gasteiger partial charge in [-0.25, -0.2) is 0 Å². The van der Waals surface area contributed by atoms with E-state index < -0.39 is 0 Å². The SMILES string of the molecule is NCCNCc1ccc(N2CCCC2)cc1. The van der Waals surface area contributed by atoms with Crippen molar-refractivity contribution in [2.24, 2.45) is 5.73 Å². The average Bonchev–Trinajstić information content (AvgIpc) is 2.84. The first-order valence-corrected chi connectivity index (χ1v) is 6.15. The minimum absolute atomic E-state index is 0.700. The molecule has 0 aromatic heterocycles. The molecule has 0 saturated carbocycles. The Morgan fingerprint density at radius 3 is 2.44 bits per heavy atom. The highest BCUT2D eigenvalue weighted by Gasteiger charge is 2.11. The molecule has 3 N–H and O–H groups in total. The van der Waals surface area contributed by atoms with Gasteiger partial charge in [-0.1, -0.05) is 12.1 Å². The van der Waals surface area contributed by atoms with Crippen LogP contribution in [0.25, 0.3) is 0 Å². The molecule has 1 aromatic carbocycles. The molecule has 0 unspecified atom stereocenters. The Kier molecular flexibility index (Phi) is 4.19. The molecule has 1 saturated heterocycles. The highest BCUT2D eigenvalue weighted by Crippen LogP contribution is 2.20. The first-order valence-electron chi connectivity index (χ1n) is 6.15. The van der Waals surface area contributed by atoms with Crippen LogP contribution in [0, 0.1) is 0 Å². The summed E-state index contributed by atoms with van der Waals surface area (Å²) in [5, 5.41) is 3.30. The Balaban J connectivity index is 1.88. The van der Waals surface area contributed by atoms with Crippen LogP contribution in [0.15, 0.2) is 24.3 Å². The maximum absolute atomic E-state index is 5.43. The molecule has 0 amide bonds. The molecule has 1 heterocycles. The van der Waals surface area contributed by atoms with Gasteiger partial charge in [-0.3, -0.25) is 0 Å². The molecule has 0 bridgehead atoms. The Morgan fingerprint density at radius 2 is 1.81 bits per heavy atom. The smallest absolute Gasteiger partial charge is 0.0366 e. The van der Waals surface area contributed by atoms with Crippen molar-refractivity contribution in [3.8, 4) is 0 Å². The van der Waals surface area contributed by atoms with E-state index in [0.717, 1.165) is 13.1 Å². The number of hydrogen-bond acceptors (Lipinski definition) is 3. The van der Waals surface area contributed by atoms with Crippen molar-refractivity contribution in [1.29, 1.82) is 0 Å². The van der Waals surface area contributed by atoms with E-state index in [0.29, 0.717) is 6.54 Å². The predicted molar refractivity (Wildman–Crippen MR) is 68.7 cm³/mol. The molecule has 0 spiro atoms. The van der Waals surface area contributed by atoms with Gasteiger partial charge in [0, 0.05) is 38.4 Å². The molecule has 0 radical (unpaired) electrons. The van der Waals surface area contributed by atoms with Crippen LogP contribution in [-0.2, 0) is 6.54 Å². The Hall–Kier alpha value is -1.06. The minimum Gasteiger partial charge on any atom is -0.372 e. The topological polar surface area (TPSA) is 41.3 Å². The lowest BCUT2D eigenvalue weighted by Gasteiger charge is -2.17. The summed E-state index contributed by atoms with van der Waals surface area (Å²) in [6, 6.07) is 8.86. The summed E-state index contributed by atoms with van der Waals surface area (Å²) in [4.78, 5) is 2.46. The maximum Gasteiger partial charge on any atom is 0.0366 e. The Bertz CT molecular complexity index is 301. The molecule has 3 heteroatoms. The lowest BCUT2D eigenvalue weighted by molar-refractivity contribution is 0.695. The van der Waals surface area contributed by atoms with E-state index in [1.54, 1.807) is 0 Å². The van der Waals surface area contributed by atoms with Gasteiger partial charge in [0.1, 0.15) is 0 Å². The highest BCUT2D eigenvalue weighted by molar-refractivity contribution is 5.48. The number of anilines is 1. The lowest BCUT2D eigenvalue weighted by atomic mass is 10.2. The van der Waals surface area contributed by atoms with Gasteiger partial charge in [-0.15, -0.1) is 0 Å². The van der Waals surface area contributed by atoms with Gasteiger partial charge in [0.05, 0.1) is 0 Å². The van der Waals surface area contributed by atoms with Gasteiger partial charge in [0.15, 0.2) is 0 Å². The molecular weight excluding hydrogens is 198 g/mol. The van der Waals surface area contributed by atoms with Crippen molar-refractivity contribution in [2.75, 3.05) is 31.1 Å². The summed E-state index contributed by atoms with van der Waals surface area (Å²) in [7, 11) is 0. The second-order valence-electron chi connectivity index (χ2n) is 4.33. The third kappa shape index (κ3) is 2.97. The fourth-order valence-corrected chi connectivity index (χ4v) is 2.13. The zero-order chi connectivity index (χ0) is 11.2. The van der Waals surface area contributed by atoms with Gasteiger partial charge in [-0.05, 0) is 30.5 Å². The number of rotatable bonds is 5. The fourth-order valence-electron chi connectivity index (χ4n) is 2.13. The van der Waals surface area contributed by atoms with E-state index in [4.69, 9.17) is 5.73 Å². The number of nitrogens with two attached hydrogens (primary N) is 1. The van der Waals surface area contributed by atoms with Crippen molar-refractivity contribution in [1.82, 2.24) is 5.32 Å². The standard InChI is InChI=1S/C13H21N3/c14-7-8-15-11-12-3-5-13(6-4-12)16-9-1-2-10-16/h3-6,15H,1-2,7-11,14H2. The monoisotopic (exact) mass is 219 g/mol. The van der Waals surface area contributed by atoms with E-state index in [1.165, 1.54) is 37.2 Å². The average molecular weight is 219 g/mol. The summed E-state index contributed by atoms with van der Waals surface area (Å²) >= 11 is 0. The molecule has 16 heavy (non-hydrogen) atoms. The van der Waals surface area contributed by atoms with E-state index in [-0.39, 0.29) is 0 Å². The van der Waals surface area contributed by atoms with Gasteiger partial charge in [0.2, 0.25) is 0 Å². The second-order valence-corrected chi connectivity index (χ2v) is 4.33. The summed E-state index contributed by atoms with van der Waals surface area (Å²) < 4.78 is 0. The molecule has 0 aliphatic carbocycles. The van der Waals surface area contributed by atoms with Crippen LogP contribution >= 0.6 is 0 Å². The second kappa shape index (κ2) is 5.87. The van der Waals surface area contributed by atoms with Crippen LogP contribution < -0.4 is 16.0 Å². The molecule has 88 valence electrons. The van der Waals surface area contributed by atoms with Gasteiger partial charge in [-0.2, -0.15) is 0 Å². The molecule has 0 atom stereocenters. The van der Waals surface area contributed by atoms with Crippen molar-refractivity contribution in [3.05, 3.63) is 29.8 Å². The summed E-state index contributed by atoms with van der Waals surface area (Å²) in [6.07, 6.45) is 2.67. The zero-order valence-electron chi connectivity index (χ0n) is 9.78. The van der Waals surface area contributed by atoms with Crippen molar-refractivity contribution in [2.45, 2.75) is 19.4 Å². The van der Waals surface area contributed by atoms with E-state index in [2.05, 4.69) is 34.5 Å². The molecule has 1 aromatic rings. The van der Waals surface area contributed by atoms with Crippen LogP contribution in [-0.4, -0.2) is 26.2 Å². The van der Waals surface area contributed by atoms with Crippen molar-refractivity contribution < 1.29 is 0 Å². The van der Waals surface area contributed by atoms with Gasteiger partial charge < -0.3 is 16.0 Å². The number of nitrogens with zero attached hydrogens (tertiary/aromatic N) is 1. The summed E-state index contributed by atoms with van der Waals surface area (Å²) in [5.74, 6) is 0. The largest absolute Gasteiger partial charge is 0.372 e. The van der Waals surface area contributed by atoms with E-state index in [1.807, 2.05) is 0 Å². The lowest BCUT2D eigenvalue weighted by Crippen LogP contribution is -2.22. The fraction of sp³-hybridized carbons (Fsp3) is 0.538. The van der Waals surface area contributed by atoms with Gasteiger partial charge >= 0.3 is 0 Å². The normalized spacial score (nSPS) is 15.7.